The minimum Gasteiger partial charge on any atom is -0.264 e. The largest absolute Gasteiger partial charge is 0.264 e. The first-order chi connectivity index (χ1) is 27.2. The molecule has 0 fully saturated rings. The van der Waals surface area contributed by atoms with Gasteiger partial charge in [-0.2, -0.15) is 0 Å². The van der Waals surface area contributed by atoms with Gasteiger partial charge < -0.3 is 0 Å². The summed E-state index contributed by atoms with van der Waals surface area (Å²) in [7, 11) is 0. The first-order valence-electron chi connectivity index (χ1n) is 21.3. The van der Waals surface area contributed by atoms with Crippen molar-refractivity contribution in [3.63, 3.8) is 0 Å². The van der Waals surface area contributed by atoms with Gasteiger partial charge in [0.15, 0.2) is 0 Å². The maximum Gasteiger partial charge on any atom is 0.0840 e. The fourth-order valence-corrected chi connectivity index (χ4v) is 5.20. The normalized spacial score (nSPS) is 19.6. The highest BCUT2D eigenvalue weighted by atomic mass is 15.5. The molecule has 0 saturated heterocycles. The number of hydrogen-bond donors (Lipinski definition) is 0. The van der Waals surface area contributed by atoms with Gasteiger partial charge in [-0.05, 0) is 69.9 Å². The van der Waals surface area contributed by atoms with E-state index >= 15 is 0 Å². The number of hydrogen-bond acceptors (Lipinski definition) is 0. The van der Waals surface area contributed by atoms with Gasteiger partial charge in [0.1, 0.15) is 0 Å². The summed E-state index contributed by atoms with van der Waals surface area (Å²) < 4.78 is 178. The van der Waals surface area contributed by atoms with Crippen molar-refractivity contribution in [2.45, 2.75) is 0 Å². The zero-order chi connectivity index (χ0) is 42.2. The maximum atomic E-state index is 9.25. The zero-order valence-electron chi connectivity index (χ0n) is 38.9. The van der Waals surface area contributed by atoms with E-state index in [9.17, 15) is 2.74 Å². The Morgan fingerprint density at radius 2 is 0.816 bits per heavy atom. The molecule has 0 aliphatic rings. The second-order valence-electron chi connectivity index (χ2n) is 8.53. The molecule has 9 aromatic rings. The van der Waals surface area contributed by atoms with Gasteiger partial charge in [0.05, 0.1) is 49.5 Å². The number of aromatic nitrogens is 4. The van der Waals surface area contributed by atoms with Gasteiger partial charge in [-0.25, -0.2) is 9.35 Å². The molecular formula is C34H22N4. The highest BCUT2D eigenvalue weighted by Crippen LogP contribution is 2.41. The van der Waals surface area contributed by atoms with Crippen LogP contribution in [0.4, 0.5) is 0 Å². The van der Waals surface area contributed by atoms with Gasteiger partial charge in [0.2, 0.25) is 0 Å². The Morgan fingerprint density at radius 3 is 1.26 bits per heavy atom. The molecule has 0 radical (unpaired) electrons. The Hall–Kier alpha value is -5.22. The average Bonchev–Trinajstić information content (AvgIpc) is 3.81. The summed E-state index contributed by atoms with van der Waals surface area (Å²) in [6.07, 6.45) is -2.83. The SMILES string of the molecule is [2H]c1c([2H])c([2H])c2c(c1[2H])c([2H])c([2H])c1c2c2cc3c(cc2n1-n1c([2H])c([2H])c([2H])c1[2H])c1c2c([2H])c([2H])c([2H])c([2H])c2c([2H])c([2H])c1n3-n1c([2H])c([2H])c([2H])c1[2H]. The number of fused-ring (bicyclic) bond motifs is 10. The third-order valence-corrected chi connectivity index (χ3v) is 6.67. The molecule has 0 unspecified atom stereocenters. The van der Waals surface area contributed by atoms with Gasteiger partial charge in [-0.3, -0.25) is 9.35 Å². The van der Waals surface area contributed by atoms with Gasteiger partial charge in [-0.1, -0.05) is 60.4 Å². The van der Waals surface area contributed by atoms with Gasteiger partial charge in [-0.15, -0.1) is 0 Å². The first kappa shape index (κ1) is 8.96. The van der Waals surface area contributed by atoms with Crippen LogP contribution in [-0.4, -0.2) is 18.7 Å². The molecule has 4 aromatic heterocycles. The van der Waals surface area contributed by atoms with Crippen LogP contribution in [-0.2, 0) is 0 Å². The molecule has 4 nitrogen and oxygen atoms in total. The smallest absolute Gasteiger partial charge is 0.0840 e. The lowest BCUT2D eigenvalue weighted by Crippen LogP contribution is -2.06. The Labute approximate surface area is 245 Å². The quantitative estimate of drug-likeness (QED) is 0.224. The molecule has 0 saturated carbocycles. The fraction of sp³-hybridized carbons (Fsp3) is 0. The van der Waals surface area contributed by atoms with Crippen LogP contribution in [0, 0.1) is 0 Å². The second kappa shape index (κ2) is 7.17. The fourth-order valence-electron chi connectivity index (χ4n) is 5.20. The molecule has 9 rings (SSSR count). The van der Waals surface area contributed by atoms with Crippen LogP contribution in [0.2, 0.25) is 0 Å². The summed E-state index contributed by atoms with van der Waals surface area (Å²) in [6, 6.07) is -7.93. The van der Waals surface area contributed by atoms with Crippen LogP contribution in [0.15, 0.2) is 134 Å². The van der Waals surface area contributed by atoms with Crippen LogP contribution in [0.1, 0.15) is 27.4 Å². The number of nitrogens with zero attached hydrogens (tertiary/aromatic N) is 4. The molecule has 0 bridgehead atoms. The van der Waals surface area contributed by atoms with Crippen LogP contribution < -0.4 is 0 Å². The molecule has 178 valence electrons. The van der Waals surface area contributed by atoms with Gasteiger partial charge in [0, 0.05) is 46.2 Å². The Balaban J connectivity index is 1.70. The molecule has 0 aliphatic heterocycles. The van der Waals surface area contributed by atoms with Crippen molar-refractivity contribution in [2.24, 2.45) is 0 Å². The van der Waals surface area contributed by atoms with E-state index in [1.165, 1.54) is 12.1 Å². The zero-order valence-corrected chi connectivity index (χ0v) is 18.9. The van der Waals surface area contributed by atoms with E-state index in [-0.39, 0.29) is 65.2 Å². The average molecular weight is 507 g/mol. The molecule has 4 heteroatoms. The van der Waals surface area contributed by atoms with Crippen LogP contribution in [0.3, 0.4) is 0 Å². The summed E-state index contributed by atoms with van der Waals surface area (Å²) in [4.78, 5) is 0. The van der Waals surface area contributed by atoms with E-state index in [0.717, 1.165) is 18.7 Å². The summed E-state index contributed by atoms with van der Waals surface area (Å²) >= 11 is 0. The summed E-state index contributed by atoms with van der Waals surface area (Å²) in [5, 5.41) is -1.46. The molecule has 5 aromatic carbocycles. The number of benzene rings is 5. The molecule has 4 heterocycles. The molecule has 0 amide bonds. The molecule has 0 atom stereocenters. The van der Waals surface area contributed by atoms with Crippen molar-refractivity contribution >= 4 is 65.2 Å². The monoisotopic (exact) mass is 506 g/mol. The van der Waals surface area contributed by atoms with Crippen molar-refractivity contribution in [1.29, 1.82) is 0 Å². The van der Waals surface area contributed by atoms with E-state index in [1.807, 2.05) is 0 Å². The van der Waals surface area contributed by atoms with Crippen molar-refractivity contribution in [1.82, 2.24) is 18.7 Å². The second-order valence-corrected chi connectivity index (χ2v) is 8.53. The standard InChI is InChI=1S/C34H22N4/c1-3-11-25-23(9-1)13-15-29-33(25)27-21-32-28(22-31(27)37(29)35-17-5-6-18-35)34-26-12-4-2-10-24(26)14-16-30(34)38(32)36-19-7-8-20-36/h1-22H/i1D,2D,3D,4D,5D,6D,7D,8D,9D,10D,11D,12D,13D,14D,15D,16D,17D,18D,19D,20D. The third kappa shape index (κ3) is 2.49. The van der Waals surface area contributed by atoms with E-state index < -0.39 is 121 Å². The summed E-state index contributed by atoms with van der Waals surface area (Å²) in [5.74, 6) is 0. The van der Waals surface area contributed by atoms with Gasteiger partial charge in [0.25, 0.3) is 0 Å². The lowest BCUT2D eigenvalue weighted by atomic mass is 10.0. The van der Waals surface area contributed by atoms with E-state index in [1.54, 1.807) is 0 Å². The first-order valence-corrected chi connectivity index (χ1v) is 11.3. The highest BCUT2D eigenvalue weighted by molar-refractivity contribution is 6.27. The maximum absolute atomic E-state index is 9.25. The predicted molar refractivity (Wildman–Crippen MR) is 158 cm³/mol. The van der Waals surface area contributed by atoms with Crippen molar-refractivity contribution in [3.8, 4) is 0 Å². The predicted octanol–water partition coefficient (Wildman–Crippen LogP) is 8.43. The Bertz CT molecular complexity index is 3180. The lowest BCUT2D eigenvalue weighted by Gasteiger charge is -2.10. The summed E-state index contributed by atoms with van der Waals surface area (Å²) in [6.45, 7) is 0. The van der Waals surface area contributed by atoms with Crippen LogP contribution >= 0.6 is 0 Å². The van der Waals surface area contributed by atoms with E-state index in [0.29, 0.717) is 0 Å². The Morgan fingerprint density at radius 1 is 0.395 bits per heavy atom. The van der Waals surface area contributed by atoms with Crippen LogP contribution in [0.25, 0.3) is 65.2 Å². The van der Waals surface area contributed by atoms with Crippen molar-refractivity contribution in [3.05, 3.63) is 134 Å². The molecule has 0 N–H and O–H groups in total. The highest BCUT2D eigenvalue weighted by Gasteiger charge is 2.20. The lowest BCUT2D eigenvalue weighted by molar-refractivity contribution is 0.716. The topological polar surface area (TPSA) is 19.7 Å². The summed E-state index contributed by atoms with van der Waals surface area (Å²) in [5.41, 5.74) is -0.725. The van der Waals surface area contributed by atoms with Crippen molar-refractivity contribution in [2.75, 3.05) is 0 Å². The Kier molecular flexibility index (Phi) is 1.69. The van der Waals surface area contributed by atoms with Crippen molar-refractivity contribution < 1.29 is 27.4 Å². The minimum absolute atomic E-state index is 0.00750. The number of rotatable bonds is 2. The van der Waals surface area contributed by atoms with Gasteiger partial charge >= 0.3 is 0 Å². The van der Waals surface area contributed by atoms with E-state index in [2.05, 4.69) is 0 Å². The molecule has 0 spiro atoms. The van der Waals surface area contributed by atoms with E-state index in [4.69, 9.17) is 24.7 Å². The molecule has 38 heavy (non-hydrogen) atoms. The van der Waals surface area contributed by atoms with Crippen LogP contribution in [0.5, 0.6) is 0 Å². The molecule has 0 aliphatic carbocycles. The third-order valence-electron chi connectivity index (χ3n) is 6.67. The molecular weight excluding hydrogens is 464 g/mol. The minimum atomic E-state index is -0.708.